The van der Waals surface area contributed by atoms with E-state index in [2.05, 4.69) is 36.1 Å². The highest BCUT2D eigenvalue weighted by Crippen LogP contribution is 2.32. The molecule has 2 aromatic carbocycles. The van der Waals surface area contributed by atoms with E-state index in [1.165, 1.54) is 0 Å². The largest absolute Gasteiger partial charge is 0.394 e. The molecule has 39 heavy (non-hydrogen) atoms. The Balaban J connectivity index is 1.36. The van der Waals surface area contributed by atoms with E-state index < -0.39 is 6.04 Å². The Bertz CT molecular complexity index is 1620. The van der Waals surface area contributed by atoms with E-state index >= 15 is 0 Å². The Hall–Kier alpha value is -5.16. The molecule has 2 atom stereocenters. The highest BCUT2D eigenvalue weighted by atomic mass is 16.5. The van der Waals surface area contributed by atoms with Crippen LogP contribution in [0.25, 0.3) is 22.8 Å². The third-order valence-electron chi connectivity index (χ3n) is 6.43. The summed E-state index contributed by atoms with van der Waals surface area (Å²) in [5.41, 5.74) is 4.34. The number of carbonyl (C=O) groups excluding carboxylic acids is 1. The van der Waals surface area contributed by atoms with Gasteiger partial charge >= 0.3 is 0 Å². The van der Waals surface area contributed by atoms with Crippen molar-refractivity contribution in [2.75, 3.05) is 17.2 Å². The number of hydrogen-bond donors (Lipinski definition) is 4. The molecule has 4 N–H and O–H groups in total. The SMILES string of the molecule is CC1NC(=O)c2ccc(Nc3ncc(-c4nc(-c5cccnc5)no4)c(N[C@H](CO)c4ccccc4)n3)cc21. The number of nitrogens with one attached hydrogen (secondary N) is 3. The summed E-state index contributed by atoms with van der Waals surface area (Å²) < 4.78 is 5.57. The number of pyridine rings is 1. The van der Waals surface area contributed by atoms with Crippen molar-refractivity contribution in [3.05, 3.63) is 95.9 Å². The second kappa shape index (κ2) is 10.3. The molecule has 5 aromatic rings. The summed E-state index contributed by atoms with van der Waals surface area (Å²) in [6.07, 6.45) is 4.90. The zero-order valence-electron chi connectivity index (χ0n) is 20.9. The van der Waals surface area contributed by atoms with Gasteiger partial charge < -0.3 is 25.6 Å². The first-order valence-corrected chi connectivity index (χ1v) is 12.3. The minimum Gasteiger partial charge on any atom is -0.394 e. The van der Waals surface area contributed by atoms with Crippen LogP contribution in [-0.2, 0) is 0 Å². The standard InChI is InChI=1S/C28H24N8O3/c1-16-21-12-19(9-10-20(21)26(38)31-16)32-28-30-14-22(27-34-24(36-39-27)18-8-5-11-29-13-18)25(35-28)33-23(15-37)17-6-3-2-4-7-17/h2-14,16,23,37H,15H2,1H3,(H,31,38)(H2,30,32,33,35)/t16?,23-/m1/s1. The van der Waals surface area contributed by atoms with Crippen LogP contribution in [0.1, 0.15) is 40.5 Å². The first-order valence-electron chi connectivity index (χ1n) is 12.3. The fraction of sp³-hybridized carbons (Fsp3) is 0.143. The molecule has 1 aliphatic heterocycles. The first-order chi connectivity index (χ1) is 19.1. The lowest BCUT2D eigenvalue weighted by molar-refractivity contribution is 0.0958. The molecule has 0 aliphatic carbocycles. The lowest BCUT2D eigenvalue weighted by Gasteiger charge is -2.19. The minimum absolute atomic E-state index is 0.0857. The van der Waals surface area contributed by atoms with Gasteiger partial charge in [0.1, 0.15) is 11.4 Å². The van der Waals surface area contributed by atoms with Gasteiger partial charge in [0.05, 0.1) is 18.7 Å². The summed E-state index contributed by atoms with van der Waals surface area (Å²) in [6, 6.07) is 18.1. The fourth-order valence-electron chi connectivity index (χ4n) is 4.43. The minimum atomic E-state index is -0.452. The van der Waals surface area contributed by atoms with Gasteiger partial charge in [0.15, 0.2) is 0 Å². The molecule has 0 saturated carbocycles. The predicted molar refractivity (Wildman–Crippen MR) is 144 cm³/mol. The second-order valence-electron chi connectivity index (χ2n) is 9.03. The summed E-state index contributed by atoms with van der Waals surface area (Å²) in [6.45, 7) is 1.76. The van der Waals surface area contributed by atoms with E-state index in [-0.39, 0.29) is 24.4 Å². The number of rotatable bonds is 8. The number of aliphatic hydroxyl groups excluding tert-OH is 1. The highest BCUT2D eigenvalue weighted by Gasteiger charge is 2.25. The summed E-state index contributed by atoms with van der Waals surface area (Å²) in [5.74, 6) is 1.20. The Morgan fingerprint density at radius 2 is 1.92 bits per heavy atom. The van der Waals surface area contributed by atoms with Gasteiger partial charge in [-0.15, -0.1) is 0 Å². The van der Waals surface area contributed by atoms with E-state index in [0.717, 1.165) is 16.8 Å². The number of nitrogens with zero attached hydrogens (tertiary/aromatic N) is 5. The number of carbonyl (C=O) groups is 1. The van der Waals surface area contributed by atoms with Gasteiger partial charge in [-0.25, -0.2) is 4.98 Å². The van der Waals surface area contributed by atoms with Crippen LogP contribution >= 0.6 is 0 Å². The number of anilines is 3. The summed E-state index contributed by atoms with van der Waals surface area (Å²) in [7, 11) is 0. The van der Waals surface area contributed by atoms with Crippen molar-refractivity contribution in [2.24, 2.45) is 0 Å². The van der Waals surface area contributed by atoms with Crippen LogP contribution in [0, 0.1) is 0 Å². The molecule has 3 aromatic heterocycles. The molecule has 1 aliphatic rings. The Labute approximate surface area is 223 Å². The van der Waals surface area contributed by atoms with E-state index in [1.807, 2.05) is 49.4 Å². The molecule has 0 fully saturated rings. The lowest BCUT2D eigenvalue weighted by atomic mass is 10.1. The molecular weight excluding hydrogens is 496 g/mol. The van der Waals surface area contributed by atoms with Crippen molar-refractivity contribution in [2.45, 2.75) is 19.0 Å². The van der Waals surface area contributed by atoms with E-state index in [9.17, 15) is 9.90 Å². The number of benzene rings is 2. The smallest absolute Gasteiger partial charge is 0.263 e. The monoisotopic (exact) mass is 520 g/mol. The molecule has 1 unspecified atom stereocenters. The Morgan fingerprint density at radius 1 is 1.05 bits per heavy atom. The number of aromatic nitrogens is 5. The maximum atomic E-state index is 12.1. The molecule has 0 spiro atoms. The third-order valence-corrected chi connectivity index (χ3v) is 6.43. The van der Waals surface area contributed by atoms with Crippen molar-refractivity contribution in [3.8, 4) is 22.8 Å². The first kappa shape index (κ1) is 24.2. The molecule has 0 radical (unpaired) electrons. The number of amides is 1. The summed E-state index contributed by atoms with van der Waals surface area (Å²) in [5, 5.41) is 23.7. The topological polar surface area (TPSA) is 151 Å². The van der Waals surface area contributed by atoms with Gasteiger partial charge in [0.25, 0.3) is 11.8 Å². The van der Waals surface area contributed by atoms with Crippen LogP contribution in [0.2, 0.25) is 0 Å². The van der Waals surface area contributed by atoms with Crippen LogP contribution < -0.4 is 16.0 Å². The molecule has 0 bridgehead atoms. The van der Waals surface area contributed by atoms with E-state index in [4.69, 9.17) is 9.51 Å². The third kappa shape index (κ3) is 4.90. The fourth-order valence-corrected chi connectivity index (χ4v) is 4.43. The molecule has 4 heterocycles. The molecule has 11 nitrogen and oxygen atoms in total. The summed E-state index contributed by atoms with van der Waals surface area (Å²) in [4.78, 5) is 29.9. The average Bonchev–Trinajstić information content (AvgIpc) is 3.57. The second-order valence-corrected chi connectivity index (χ2v) is 9.03. The lowest BCUT2D eigenvalue weighted by Crippen LogP contribution is -2.17. The molecular formula is C28H24N8O3. The Morgan fingerprint density at radius 3 is 2.72 bits per heavy atom. The van der Waals surface area contributed by atoms with Crippen LogP contribution in [-0.4, -0.2) is 42.7 Å². The predicted octanol–water partition coefficient (Wildman–Crippen LogP) is 4.28. The van der Waals surface area contributed by atoms with Crippen LogP contribution in [0.15, 0.2) is 83.8 Å². The van der Waals surface area contributed by atoms with Gasteiger partial charge in [-0.3, -0.25) is 9.78 Å². The van der Waals surface area contributed by atoms with Crippen LogP contribution in [0.3, 0.4) is 0 Å². The highest BCUT2D eigenvalue weighted by molar-refractivity contribution is 5.99. The number of fused-ring (bicyclic) bond motifs is 1. The zero-order chi connectivity index (χ0) is 26.8. The molecule has 0 saturated heterocycles. The van der Waals surface area contributed by atoms with Crippen molar-refractivity contribution in [3.63, 3.8) is 0 Å². The van der Waals surface area contributed by atoms with Crippen LogP contribution in [0.4, 0.5) is 17.5 Å². The van der Waals surface area contributed by atoms with Gasteiger partial charge in [-0.2, -0.15) is 9.97 Å². The van der Waals surface area contributed by atoms with Gasteiger partial charge in [0, 0.05) is 35.4 Å². The molecule has 11 heteroatoms. The van der Waals surface area contributed by atoms with Gasteiger partial charge in [0.2, 0.25) is 11.8 Å². The quantitative estimate of drug-likeness (QED) is 0.233. The number of hydrogen-bond acceptors (Lipinski definition) is 10. The zero-order valence-corrected chi connectivity index (χ0v) is 20.9. The molecule has 1 amide bonds. The van der Waals surface area contributed by atoms with Crippen molar-refractivity contribution in [1.82, 2.24) is 30.4 Å². The average molecular weight is 521 g/mol. The maximum absolute atomic E-state index is 12.1. The maximum Gasteiger partial charge on any atom is 0.263 e. The van der Waals surface area contributed by atoms with E-state index in [0.29, 0.717) is 34.3 Å². The number of aliphatic hydroxyl groups is 1. The Kier molecular flexibility index (Phi) is 6.39. The van der Waals surface area contributed by atoms with Crippen molar-refractivity contribution < 1.29 is 14.4 Å². The van der Waals surface area contributed by atoms with Gasteiger partial charge in [-0.05, 0) is 48.4 Å². The summed E-state index contributed by atoms with van der Waals surface area (Å²) >= 11 is 0. The normalized spacial score (nSPS) is 14.9. The van der Waals surface area contributed by atoms with Crippen molar-refractivity contribution in [1.29, 1.82) is 0 Å². The molecule has 194 valence electrons. The van der Waals surface area contributed by atoms with Gasteiger partial charge in [-0.1, -0.05) is 35.5 Å². The van der Waals surface area contributed by atoms with Crippen molar-refractivity contribution >= 4 is 23.4 Å². The van der Waals surface area contributed by atoms with E-state index in [1.54, 1.807) is 36.8 Å². The molecule has 6 rings (SSSR count). The van der Waals surface area contributed by atoms with Crippen LogP contribution in [0.5, 0.6) is 0 Å².